The smallest absolute Gasteiger partial charge is 0.345 e. The largest absolute Gasteiger partial charge is 0.359 e. The van der Waals surface area contributed by atoms with E-state index in [1.165, 1.54) is 12.7 Å². The van der Waals surface area contributed by atoms with Crippen LogP contribution in [0.2, 0.25) is 0 Å². The summed E-state index contributed by atoms with van der Waals surface area (Å²) in [6.07, 6.45) is 2.86. The summed E-state index contributed by atoms with van der Waals surface area (Å²) in [6, 6.07) is 0. The van der Waals surface area contributed by atoms with E-state index in [0.717, 1.165) is 87.5 Å². The molecule has 3 saturated heterocycles. The molecule has 188 valence electrons. The van der Waals surface area contributed by atoms with Crippen molar-refractivity contribution in [2.45, 2.75) is 0 Å². The van der Waals surface area contributed by atoms with Crippen LogP contribution in [0.5, 0.6) is 0 Å². The Hall–Kier alpha value is -3.92. The second-order valence-corrected chi connectivity index (χ2v) is 10.0. The van der Waals surface area contributed by atoms with E-state index in [1.54, 1.807) is 0 Å². The Labute approximate surface area is 204 Å². The lowest BCUT2D eigenvalue weighted by atomic mass is 10.1. The van der Waals surface area contributed by atoms with E-state index >= 15 is 0 Å². The minimum Gasteiger partial charge on any atom is -0.359 e. The zero-order chi connectivity index (χ0) is 24.3. The van der Waals surface area contributed by atoms with E-state index in [-0.39, 0.29) is 11.3 Å². The molecule has 3 fully saturated rings. The standard InChI is InChI=1S/C20H26N12O4/c33-29-15-17(25-35-29)21-13-23-19(15)27-1-5-31(6-2-27)9-11-32(12-10-31)7-3-28(4-8-32)20-16-18(22-14-24-20)26-36-30(16)34/h13-14H,1-12H2/q+2. The van der Waals surface area contributed by atoms with Crippen molar-refractivity contribution >= 4 is 34.0 Å². The first kappa shape index (κ1) is 21.4. The maximum atomic E-state index is 12.0. The highest BCUT2D eigenvalue weighted by atomic mass is 16.8. The summed E-state index contributed by atoms with van der Waals surface area (Å²) in [4.78, 5) is 21.8. The molecule has 3 aliphatic heterocycles. The average molecular weight is 499 g/mol. The van der Waals surface area contributed by atoms with Gasteiger partial charge in [-0.1, -0.05) is 0 Å². The quantitative estimate of drug-likeness (QED) is 0.217. The van der Waals surface area contributed by atoms with Crippen molar-refractivity contribution in [1.82, 2.24) is 30.2 Å². The zero-order valence-electron chi connectivity index (χ0n) is 19.6. The zero-order valence-corrected chi connectivity index (χ0v) is 19.6. The molecule has 16 heteroatoms. The number of nitrogens with zero attached hydrogens (tertiary/aromatic N) is 12. The van der Waals surface area contributed by atoms with Crippen molar-refractivity contribution in [3.8, 4) is 0 Å². The number of hydrogen-bond acceptors (Lipinski definition) is 12. The number of piperazine rings is 3. The predicted molar refractivity (Wildman–Crippen MR) is 121 cm³/mol. The van der Waals surface area contributed by atoms with Gasteiger partial charge < -0.3 is 29.2 Å². The number of fused-ring (bicyclic) bond motifs is 2. The Morgan fingerprint density at radius 3 is 1.39 bits per heavy atom. The lowest BCUT2D eigenvalue weighted by molar-refractivity contribution is -1.03. The number of aromatic nitrogens is 8. The van der Waals surface area contributed by atoms with Gasteiger partial charge in [0.15, 0.2) is 11.6 Å². The van der Waals surface area contributed by atoms with E-state index in [1.807, 2.05) is 0 Å². The molecule has 0 N–H and O–H groups in total. The molecule has 0 amide bonds. The Bertz CT molecular complexity index is 1300. The molecule has 4 aromatic rings. The molecule has 0 unspecified atom stereocenters. The third-order valence-corrected chi connectivity index (χ3v) is 8.41. The summed E-state index contributed by atoms with van der Waals surface area (Å²) < 4.78 is 11.6. The van der Waals surface area contributed by atoms with Crippen LogP contribution in [0, 0.1) is 10.4 Å². The fourth-order valence-corrected chi connectivity index (χ4v) is 6.05. The van der Waals surface area contributed by atoms with Crippen molar-refractivity contribution < 1.29 is 28.0 Å². The Morgan fingerprint density at radius 2 is 1.00 bits per heavy atom. The molecule has 7 rings (SSSR count). The highest BCUT2D eigenvalue weighted by Gasteiger charge is 2.46. The van der Waals surface area contributed by atoms with Crippen LogP contribution in [0.25, 0.3) is 22.3 Å². The maximum absolute atomic E-state index is 12.0. The van der Waals surface area contributed by atoms with Gasteiger partial charge in [0.05, 0.1) is 62.7 Å². The second-order valence-electron chi connectivity index (χ2n) is 10.0. The molecule has 36 heavy (non-hydrogen) atoms. The van der Waals surface area contributed by atoms with Crippen molar-refractivity contribution in [1.29, 1.82) is 0 Å². The third-order valence-electron chi connectivity index (χ3n) is 8.41. The van der Waals surface area contributed by atoms with Crippen LogP contribution in [-0.2, 0) is 0 Å². The lowest BCUT2D eigenvalue weighted by Crippen LogP contribution is -2.73. The van der Waals surface area contributed by atoms with Gasteiger partial charge in [-0.15, -0.1) is 0 Å². The van der Waals surface area contributed by atoms with Gasteiger partial charge in [0.2, 0.25) is 0 Å². The molecule has 7 heterocycles. The van der Waals surface area contributed by atoms with Crippen LogP contribution in [0.15, 0.2) is 21.9 Å². The van der Waals surface area contributed by atoms with E-state index in [2.05, 4.69) is 40.0 Å². The molecule has 3 aliphatic rings. The van der Waals surface area contributed by atoms with E-state index in [4.69, 9.17) is 9.26 Å². The summed E-state index contributed by atoms with van der Waals surface area (Å²) in [5, 5.41) is 31.5. The van der Waals surface area contributed by atoms with Gasteiger partial charge in [-0.2, -0.15) is 9.97 Å². The van der Waals surface area contributed by atoms with Crippen LogP contribution in [0.1, 0.15) is 0 Å². The molecular weight excluding hydrogens is 472 g/mol. The maximum Gasteiger partial charge on any atom is 0.345 e. The first-order chi connectivity index (χ1) is 17.5. The minimum atomic E-state index is 0.282. The van der Waals surface area contributed by atoms with Crippen LogP contribution in [-0.4, -0.2) is 118 Å². The van der Waals surface area contributed by atoms with E-state index < -0.39 is 0 Å². The van der Waals surface area contributed by atoms with Gasteiger partial charge in [-0.05, 0) is 9.81 Å². The van der Waals surface area contributed by atoms with Crippen molar-refractivity contribution in [2.75, 3.05) is 88.3 Å². The molecule has 0 saturated carbocycles. The average Bonchev–Trinajstić information content (AvgIpc) is 3.50. The lowest BCUT2D eigenvalue weighted by Gasteiger charge is -2.54. The third kappa shape index (κ3) is 3.28. The van der Waals surface area contributed by atoms with Crippen LogP contribution < -0.4 is 19.6 Å². The summed E-state index contributed by atoms with van der Waals surface area (Å²) in [5.41, 5.74) is 1.15. The number of quaternary nitrogens is 2. The molecule has 0 bridgehead atoms. The molecule has 4 aromatic heterocycles. The first-order valence-electron chi connectivity index (χ1n) is 12.2. The Morgan fingerprint density at radius 1 is 0.611 bits per heavy atom. The molecule has 0 aliphatic carbocycles. The fourth-order valence-electron chi connectivity index (χ4n) is 6.05. The highest BCUT2D eigenvalue weighted by molar-refractivity contribution is 5.79. The van der Waals surface area contributed by atoms with Crippen LogP contribution >= 0.6 is 0 Å². The van der Waals surface area contributed by atoms with Gasteiger partial charge >= 0.3 is 11.3 Å². The van der Waals surface area contributed by atoms with Crippen LogP contribution in [0.3, 0.4) is 0 Å². The number of rotatable bonds is 2. The normalized spacial score (nSPS) is 21.7. The van der Waals surface area contributed by atoms with Gasteiger partial charge in [-0.3, -0.25) is 9.26 Å². The molecule has 2 spiro atoms. The minimum absolute atomic E-state index is 0.282. The van der Waals surface area contributed by atoms with E-state index in [9.17, 15) is 10.4 Å². The van der Waals surface area contributed by atoms with Crippen molar-refractivity contribution in [2.24, 2.45) is 0 Å². The molecule has 0 radical (unpaired) electrons. The number of hydrogen-bond donors (Lipinski definition) is 0. The molecule has 0 atom stereocenters. The first-order valence-corrected chi connectivity index (χ1v) is 12.2. The predicted octanol–water partition coefficient (Wildman–Crippen LogP) is -2.20. The Balaban J connectivity index is 0.996. The monoisotopic (exact) mass is 498 g/mol. The van der Waals surface area contributed by atoms with Crippen molar-refractivity contribution in [3.63, 3.8) is 0 Å². The van der Waals surface area contributed by atoms with Crippen LogP contribution in [0.4, 0.5) is 11.6 Å². The van der Waals surface area contributed by atoms with Gasteiger partial charge in [0.1, 0.15) is 38.8 Å². The molecular formula is C20H26N12O4+2. The topological polar surface area (TPSA) is 164 Å². The second kappa shape index (κ2) is 7.79. The summed E-state index contributed by atoms with van der Waals surface area (Å²) in [7, 11) is 0. The van der Waals surface area contributed by atoms with Crippen molar-refractivity contribution in [3.05, 3.63) is 23.1 Å². The van der Waals surface area contributed by atoms with Gasteiger partial charge in [0, 0.05) is 0 Å². The highest BCUT2D eigenvalue weighted by Crippen LogP contribution is 2.28. The summed E-state index contributed by atoms with van der Waals surface area (Å²) in [5.74, 6) is 1.19. The number of anilines is 2. The fraction of sp³-hybridized carbons (Fsp3) is 0.600. The summed E-state index contributed by atoms with van der Waals surface area (Å²) >= 11 is 0. The van der Waals surface area contributed by atoms with E-state index in [0.29, 0.717) is 32.5 Å². The van der Waals surface area contributed by atoms with Gasteiger partial charge in [0.25, 0.3) is 11.0 Å². The molecule has 0 aromatic carbocycles. The SMILES string of the molecule is [O-][n+]1onc2ncnc(N3CC[N+]4(CC3)CC[N+]3(CCN(c5ncnc6no[n+]([O-])c56)CC3)CC4)c21. The summed E-state index contributed by atoms with van der Waals surface area (Å²) in [6.45, 7) is 11.9. The van der Waals surface area contributed by atoms with Gasteiger partial charge in [-0.25, -0.2) is 9.97 Å². The molecule has 16 nitrogen and oxygen atoms in total. The Kier molecular flexibility index (Phi) is 4.62.